The number of nitrogens with one attached hydrogen (secondary N) is 1. The molecule has 3 heterocycles. The van der Waals surface area contributed by atoms with Gasteiger partial charge < -0.3 is 24.4 Å². The number of carbonyl (C=O) groups excluding carboxylic acids is 1. The number of hydrogen-bond donors (Lipinski definition) is 1. The first-order valence-corrected chi connectivity index (χ1v) is 13.8. The summed E-state index contributed by atoms with van der Waals surface area (Å²) >= 11 is 0. The minimum atomic E-state index is 0.0600. The molecule has 41 heavy (non-hydrogen) atoms. The van der Waals surface area contributed by atoms with E-state index in [4.69, 9.17) is 19.7 Å². The minimum absolute atomic E-state index is 0.0600. The van der Waals surface area contributed by atoms with Crippen LogP contribution in [0.5, 0.6) is 5.75 Å². The number of anilines is 2. The number of aryl methyl sites for hydroxylation is 1. The maximum atomic E-state index is 13.1. The molecule has 0 spiro atoms. The Kier molecular flexibility index (Phi) is 7.49. The molecule has 0 unspecified atom stereocenters. The van der Waals surface area contributed by atoms with Gasteiger partial charge >= 0.3 is 0 Å². The number of hydrogen-bond acceptors (Lipinski definition) is 7. The van der Waals surface area contributed by atoms with Crippen LogP contribution in [0.3, 0.4) is 0 Å². The van der Waals surface area contributed by atoms with Crippen molar-refractivity contribution in [2.75, 3.05) is 43.5 Å². The van der Waals surface area contributed by atoms with Crippen LogP contribution in [0.4, 0.5) is 11.8 Å². The lowest BCUT2D eigenvalue weighted by Crippen LogP contribution is -2.49. The molecule has 1 aliphatic heterocycles. The number of nitrogens with zero attached hydrogens (tertiary/aromatic N) is 6. The number of para-hydroxylation sites is 1. The average molecular weight is 548 g/mol. The predicted molar refractivity (Wildman–Crippen MR) is 160 cm³/mol. The average Bonchev–Trinajstić information content (AvgIpc) is 3.42. The third kappa shape index (κ3) is 5.70. The smallest absolute Gasteiger partial charge is 0.253 e. The number of fused-ring (bicyclic) bond motifs is 1. The highest BCUT2D eigenvalue weighted by molar-refractivity contribution is 5.94. The van der Waals surface area contributed by atoms with Gasteiger partial charge in [0.15, 0.2) is 17.0 Å². The Morgan fingerprint density at radius 2 is 1.71 bits per heavy atom. The Morgan fingerprint density at radius 3 is 2.49 bits per heavy atom. The molecule has 6 rings (SSSR count). The quantitative estimate of drug-likeness (QED) is 0.300. The van der Waals surface area contributed by atoms with E-state index in [1.165, 1.54) is 5.56 Å². The van der Waals surface area contributed by atoms with Gasteiger partial charge in [-0.3, -0.25) is 4.79 Å². The van der Waals surface area contributed by atoms with Crippen LogP contribution < -0.4 is 15.0 Å². The van der Waals surface area contributed by atoms with Crippen LogP contribution in [-0.4, -0.2) is 63.6 Å². The number of ether oxygens (including phenoxy) is 1. The highest BCUT2D eigenvalue weighted by Crippen LogP contribution is 2.26. The largest absolute Gasteiger partial charge is 0.496 e. The van der Waals surface area contributed by atoms with Crippen molar-refractivity contribution < 1.29 is 9.53 Å². The first kappa shape index (κ1) is 26.3. The molecule has 0 radical (unpaired) electrons. The predicted octanol–water partition coefficient (Wildman–Crippen LogP) is 4.77. The van der Waals surface area contributed by atoms with E-state index in [9.17, 15) is 4.79 Å². The number of rotatable bonds is 8. The summed E-state index contributed by atoms with van der Waals surface area (Å²) in [5, 5.41) is 3.49. The molecule has 5 aromatic rings. The second kappa shape index (κ2) is 11.7. The third-order valence-electron chi connectivity index (χ3n) is 7.40. The molecular formula is C32H33N7O2. The van der Waals surface area contributed by atoms with Crippen LogP contribution in [0, 0.1) is 6.92 Å². The van der Waals surface area contributed by atoms with E-state index >= 15 is 0 Å². The zero-order valence-corrected chi connectivity index (χ0v) is 23.3. The molecular weight excluding hydrogens is 514 g/mol. The minimum Gasteiger partial charge on any atom is -0.496 e. The van der Waals surface area contributed by atoms with Crippen molar-refractivity contribution in [2.24, 2.45) is 0 Å². The van der Waals surface area contributed by atoms with E-state index in [1.807, 2.05) is 84.9 Å². The number of amides is 1. The molecule has 1 saturated heterocycles. The van der Waals surface area contributed by atoms with E-state index < -0.39 is 0 Å². The molecule has 0 atom stereocenters. The summed E-state index contributed by atoms with van der Waals surface area (Å²) in [6.45, 7) is 5.66. The molecule has 208 valence electrons. The number of methoxy groups -OCH3 is 1. The highest BCUT2D eigenvalue weighted by Gasteiger charge is 2.25. The fourth-order valence-corrected chi connectivity index (χ4v) is 5.19. The van der Waals surface area contributed by atoms with Crippen molar-refractivity contribution in [2.45, 2.75) is 20.0 Å². The van der Waals surface area contributed by atoms with Gasteiger partial charge in [-0.15, -0.1) is 0 Å². The second-order valence-electron chi connectivity index (χ2n) is 10.2. The number of benzene rings is 3. The molecule has 1 fully saturated rings. The lowest BCUT2D eigenvalue weighted by Gasteiger charge is -2.35. The molecule has 1 amide bonds. The van der Waals surface area contributed by atoms with Gasteiger partial charge in [0.1, 0.15) is 5.75 Å². The number of imidazole rings is 1. The number of aromatic nitrogens is 4. The first-order valence-electron chi connectivity index (χ1n) is 13.8. The molecule has 0 aliphatic carbocycles. The number of carbonyl (C=O) groups is 1. The van der Waals surface area contributed by atoms with Crippen molar-refractivity contribution in [1.29, 1.82) is 0 Å². The molecule has 0 bridgehead atoms. The van der Waals surface area contributed by atoms with Gasteiger partial charge in [0.05, 0.1) is 20.0 Å². The van der Waals surface area contributed by atoms with Crippen LogP contribution in [0.15, 0.2) is 85.2 Å². The summed E-state index contributed by atoms with van der Waals surface area (Å²) in [5.41, 5.74) is 5.47. The lowest BCUT2D eigenvalue weighted by atomic mass is 10.1. The van der Waals surface area contributed by atoms with E-state index in [0.717, 1.165) is 28.1 Å². The molecule has 1 N–H and O–H groups in total. The van der Waals surface area contributed by atoms with Gasteiger partial charge in [0, 0.05) is 43.9 Å². The van der Waals surface area contributed by atoms with Crippen molar-refractivity contribution in [1.82, 2.24) is 24.4 Å². The fourth-order valence-electron chi connectivity index (χ4n) is 5.19. The summed E-state index contributed by atoms with van der Waals surface area (Å²) in [4.78, 5) is 31.8. The van der Waals surface area contributed by atoms with E-state index in [-0.39, 0.29) is 5.91 Å². The van der Waals surface area contributed by atoms with E-state index in [1.54, 1.807) is 7.11 Å². The summed E-state index contributed by atoms with van der Waals surface area (Å²) in [6.07, 6.45) is 1.82. The zero-order chi connectivity index (χ0) is 28.2. The van der Waals surface area contributed by atoms with Crippen molar-refractivity contribution in [3.8, 4) is 5.75 Å². The van der Waals surface area contributed by atoms with Gasteiger partial charge in [-0.1, -0.05) is 66.2 Å². The number of piperazine rings is 1. The Hall–Kier alpha value is -4.92. The van der Waals surface area contributed by atoms with Crippen LogP contribution in [0.25, 0.3) is 11.2 Å². The summed E-state index contributed by atoms with van der Waals surface area (Å²) in [6, 6.07) is 26.0. The Morgan fingerprint density at radius 1 is 0.927 bits per heavy atom. The standard InChI is InChI=1S/C32H33N7O2/c1-23-9-8-13-25(19-23)31(40)37-15-17-38(18-16-37)32-35-29(33-20-26-12-6-7-14-27(26)41-2)28-30(36-32)39(22-34-28)21-24-10-4-3-5-11-24/h3-14,19,22H,15-18,20-21H2,1-2H3,(H,33,35,36). The van der Waals surface area contributed by atoms with Gasteiger partial charge in [-0.2, -0.15) is 9.97 Å². The van der Waals surface area contributed by atoms with E-state index in [2.05, 4.69) is 26.9 Å². The van der Waals surface area contributed by atoms with Crippen LogP contribution >= 0.6 is 0 Å². The fraction of sp³-hybridized carbons (Fsp3) is 0.250. The topological polar surface area (TPSA) is 88.4 Å². The normalized spacial score (nSPS) is 13.4. The zero-order valence-electron chi connectivity index (χ0n) is 23.3. The van der Waals surface area contributed by atoms with Crippen molar-refractivity contribution >= 4 is 28.8 Å². The molecule has 1 aliphatic rings. The first-order chi connectivity index (χ1) is 20.1. The third-order valence-corrected chi connectivity index (χ3v) is 7.40. The molecule has 9 nitrogen and oxygen atoms in total. The summed E-state index contributed by atoms with van der Waals surface area (Å²) < 4.78 is 7.60. The van der Waals surface area contributed by atoms with Crippen molar-refractivity contribution in [3.63, 3.8) is 0 Å². The van der Waals surface area contributed by atoms with Gasteiger partial charge in [0.2, 0.25) is 5.95 Å². The Bertz CT molecular complexity index is 1660. The van der Waals surface area contributed by atoms with Crippen LogP contribution in [-0.2, 0) is 13.1 Å². The maximum Gasteiger partial charge on any atom is 0.253 e. The Balaban J connectivity index is 1.27. The molecule has 9 heteroatoms. The van der Waals surface area contributed by atoms with Crippen LogP contribution in [0.2, 0.25) is 0 Å². The van der Waals surface area contributed by atoms with E-state index in [0.29, 0.717) is 56.6 Å². The molecule has 2 aromatic heterocycles. The van der Waals surface area contributed by atoms with Gasteiger partial charge in [-0.05, 0) is 30.7 Å². The molecule has 3 aromatic carbocycles. The van der Waals surface area contributed by atoms with Crippen molar-refractivity contribution in [3.05, 3.63) is 107 Å². The maximum absolute atomic E-state index is 13.1. The summed E-state index contributed by atoms with van der Waals surface area (Å²) in [7, 11) is 1.68. The summed E-state index contributed by atoms with van der Waals surface area (Å²) in [5.74, 6) is 2.16. The monoisotopic (exact) mass is 547 g/mol. The SMILES string of the molecule is COc1ccccc1CNc1nc(N2CCN(C(=O)c3cccc(C)c3)CC2)nc2c1ncn2Cc1ccccc1. The second-order valence-corrected chi connectivity index (χ2v) is 10.2. The molecule has 0 saturated carbocycles. The van der Waals surface area contributed by atoms with Gasteiger partial charge in [-0.25, -0.2) is 4.98 Å². The highest BCUT2D eigenvalue weighted by atomic mass is 16.5. The lowest BCUT2D eigenvalue weighted by molar-refractivity contribution is 0.0746. The van der Waals surface area contributed by atoms with Gasteiger partial charge in [0.25, 0.3) is 5.91 Å². The van der Waals surface area contributed by atoms with Crippen LogP contribution in [0.1, 0.15) is 27.0 Å². The Labute approximate surface area is 239 Å².